The summed E-state index contributed by atoms with van der Waals surface area (Å²) in [6.45, 7) is 8.20. The molecule has 1 unspecified atom stereocenters. The van der Waals surface area contributed by atoms with Crippen LogP contribution in [0.1, 0.15) is 33.6 Å². The maximum Gasteiger partial charge on any atom is 0.226 e. The van der Waals surface area contributed by atoms with Crippen molar-refractivity contribution in [3.63, 3.8) is 0 Å². The lowest BCUT2D eigenvalue weighted by Crippen LogP contribution is -2.63. The molecule has 2 fully saturated rings. The summed E-state index contributed by atoms with van der Waals surface area (Å²) < 4.78 is 0. The monoisotopic (exact) mass is 196 g/mol. The molecule has 1 heterocycles. The quantitative estimate of drug-likeness (QED) is 0.678. The van der Waals surface area contributed by atoms with E-state index in [4.69, 9.17) is 0 Å². The Morgan fingerprint density at radius 1 is 1.43 bits per heavy atom. The Morgan fingerprint density at radius 3 is 2.64 bits per heavy atom. The molecular weight excluding hydrogens is 176 g/mol. The van der Waals surface area contributed by atoms with Crippen LogP contribution >= 0.6 is 0 Å². The molecule has 3 nitrogen and oxygen atoms in total. The first-order valence-electron chi connectivity index (χ1n) is 5.55. The molecule has 2 rings (SSSR count). The maximum absolute atomic E-state index is 12.0. The number of amides is 1. The zero-order valence-corrected chi connectivity index (χ0v) is 9.34. The third kappa shape index (κ3) is 1.78. The molecule has 1 aliphatic carbocycles. The van der Waals surface area contributed by atoms with E-state index in [-0.39, 0.29) is 5.54 Å². The van der Waals surface area contributed by atoms with Gasteiger partial charge in [-0.25, -0.2) is 0 Å². The van der Waals surface area contributed by atoms with E-state index in [9.17, 15) is 4.79 Å². The van der Waals surface area contributed by atoms with E-state index in [0.29, 0.717) is 17.9 Å². The summed E-state index contributed by atoms with van der Waals surface area (Å²) in [5.41, 5.74) is -0.00775. The molecule has 1 saturated heterocycles. The first-order chi connectivity index (χ1) is 6.50. The van der Waals surface area contributed by atoms with Crippen LogP contribution in [0.15, 0.2) is 0 Å². The standard InChI is InChI=1S/C11H20N2O/c1-8-6-13(10(14)9-4-5-9)11(2,3)7-12-8/h8-9,12H,4-7H2,1-3H3. The van der Waals surface area contributed by atoms with E-state index in [1.54, 1.807) is 0 Å². The number of carbonyl (C=O) groups excluding carboxylic acids is 1. The van der Waals surface area contributed by atoms with E-state index in [2.05, 4.69) is 31.0 Å². The van der Waals surface area contributed by atoms with Crippen LogP contribution in [0.3, 0.4) is 0 Å². The van der Waals surface area contributed by atoms with Crippen molar-refractivity contribution in [2.75, 3.05) is 13.1 Å². The van der Waals surface area contributed by atoms with Crippen molar-refractivity contribution >= 4 is 5.91 Å². The molecule has 0 spiro atoms. The van der Waals surface area contributed by atoms with Gasteiger partial charge in [0.15, 0.2) is 0 Å². The van der Waals surface area contributed by atoms with Gasteiger partial charge in [0, 0.05) is 30.6 Å². The van der Waals surface area contributed by atoms with E-state index in [1.165, 1.54) is 0 Å². The van der Waals surface area contributed by atoms with Gasteiger partial charge in [-0.05, 0) is 33.6 Å². The van der Waals surface area contributed by atoms with Crippen LogP contribution < -0.4 is 5.32 Å². The Balaban J connectivity index is 2.08. The summed E-state index contributed by atoms with van der Waals surface area (Å²) in [6.07, 6.45) is 2.21. The molecule has 1 saturated carbocycles. The molecule has 0 aromatic heterocycles. The fourth-order valence-corrected chi connectivity index (χ4v) is 2.04. The summed E-state index contributed by atoms with van der Waals surface area (Å²) >= 11 is 0. The van der Waals surface area contributed by atoms with E-state index < -0.39 is 0 Å². The number of nitrogens with zero attached hydrogens (tertiary/aromatic N) is 1. The second-order valence-electron chi connectivity index (χ2n) is 5.32. The molecule has 14 heavy (non-hydrogen) atoms. The number of nitrogens with one attached hydrogen (secondary N) is 1. The summed E-state index contributed by atoms with van der Waals surface area (Å²) in [7, 11) is 0. The molecule has 0 radical (unpaired) electrons. The van der Waals surface area contributed by atoms with Crippen LogP contribution in [0.2, 0.25) is 0 Å². The Kier molecular flexibility index (Phi) is 2.30. The molecule has 2 aliphatic rings. The van der Waals surface area contributed by atoms with Crippen molar-refractivity contribution in [2.45, 2.75) is 45.2 Å². The van der Waals surface area contributed by atoms with Crippen molar-refractivity contribution in [3.05, 3.63) is 0 Å². The first kappa shape index (κ1) is 9.97. The summed E-state index contributed by atoms with van der Waals surface area (Å²) in [5, 5.41) is 3.42. The largest absolute Gasteiger partial charge is 0.335 e. The average Bonchev–Trinajstić information content (AvgIpc) is 2.91. The molecule has 80 valence electrons. The van der Waals surface area contributed by atoms with Crippen LogP contribution in [0.25, 0.3) is 0 Å². The predicted molar refractivity (Wildman–Crippen MR) is 56.0 cm³/mol. The van der Waals surface area contributed by atoms with Gasteiger partial charge in [-0.2, -0.15) is 0 Å². The summed E-state index contributed by atoms with van der Waals surface area (Å²) in [5.74, 6) is 0.725. The molecule has 1 aliphatic heterocycles. The molecule has 1 amide bonds. The van der Waals surface area contributed by atoms with E-state index >= 15 is 0 Å². The zero-order chi connectivity index (χ0) is 10.3. The van der Waals surface area contributed by atoms with Crippen molar-refractivity contribution in [2.24, 2.45) is 5.92 Å². The molecule has 0 aromatic rings. The van der Waals surface area contributed by atoms with Gasteiger partial charge in [-0.3, -0.25) is 4.79 Å². The maximum atomic E-state index is 12.0. The Bertz CT molecular complexity index is 246. The lowest BCUT2D eigenvalue weighted by molar-refractivity contribution is -0.140. The lowest BCUT2D eigenvalue weighted by atomic mass is 9.97. The van der Waals surface area contributed by atoms with Gasteiger partial charge in [0.1, 0.15) is 0 Å². The van der Waals surface area contributed by atoms with Gasteiger partial charge >= 0.3 is 0 Å². The van der Waals surface area contributed by atoms with Crippen molar-refractivity contribution in [1.82, 2.24) is 10.2 Å². The van der Waals surface area contributed by atoms with Gasteiger partial charge in [-0.1, -0.05) is 0 Å². The van der Waals surface area contributed by atoms with Gasteiger partial charge in [-0.15, -0.1) is 0 Å². The highest BCUT2D eigenvalue weighted by Gasteiger charge is 2.41. The molecule has 0 aromatic carbocycles. The molecule has 1 atom stereocenters. The number of rotatable bonds is 1. The number of piperazine rings is 1. The lowest BCUT2D eigenvalue weighted by Gasteiger charge is -2.45. The minimum Gasteiger partial charge on any atom is -0.335 e. The Labute approximate surface area is 85.8 Å². The average molecular weight is 196 g/mol. The van der Waals surface area contributed by atoms with Crippen LogP contribution in [-0.2, 0) is 4.79 Å². The minimum absolute atomic E-state index is 0.00775. The smallest absolute Gasteiger partial charge is 0.226 e. The topological polar surface area (TPSA) is 32.3 Å². The van der Waals surface area contributed by atoms with Crippen LogP contribution in [0.4, 0.5) is 0 Å². The van der Waals surface area contributed by atoms with Gasteiger partial charge < -0.3 is 10.2 Å². The normalized spacial score (nSPS) is 31.6. The molecular formula is C11H20N2O. The second-order valence-corrected chi connectivity index (χ2v) is 5.32. The highest BCUT2D eigenvalue weighted by atomic mass is 16.2. The first-order valence-corrected chi connectivity index (χ1v) is 5.55. The van der Waals surface area contributed by atoms with Crippen LogP contribution in [0, 0.1) is 5.92 Å². The van der Waals surface area contributed by atoms with Crippen molar-refractivity contribution < 1.29 is 4.79 Å². The van der Waals surface area contributed by atoms with Crippen molar-refractivity contribution in [3.8, 4) is 0 Å². The number of carbonyl (C=O) groups is 1. The number of hydrogen-bond donors (Lipinski definition) is 1. The SMILES string of the molecule is CC1CN(C(=O)C2CC2)C(C)(C)CN1. The zero-order valence-electron chi connectivity index (χ0n) is 9.34. The third-order valence-corrected chi connectivity index (χ3v) is 3.26. The van der Waals surface area contributed by atoms with Crippen LogP contribution in [0.5, 0.6) is 0 Å². The Morgan fingerprint density at radius 2 is 2.07 bits per heavy atom. The molecule has 1 N–H and O–H groups in total. The van der Waals surface area contributed by atoms with E-state index in [0.717, 1.165) is 25.9 Å². The van der Waals surface area contributed by atoms with Crippen molar-refractivity contribution in [1.29, 1.82) is 0 Å². The summed E-state index contributed by atoms with van der Waals surface area (Å²) in [6, 6.07) is 0.436. The van der Waals surface area contributed by atoms with Gasteiger partial charge in [0.2, 0.25) is 5.91 Å². The Hall–Kier alpha value is -0.570. The third-order valence-electron chi connectivity index (χ3n) is 3.26. The minimum atomic E-state index is -0.00775. The number of hydrogen-bond acceptors (Lipinski definition) is 2. The predicted octanol–water partition coefficient (Wildman–Crippen LogP) is 0.995. The molecule has 0 bridgehead atoms. The van der Waals surface area contributed by atoms with Gasteiger partial charge in [0.25, 0.3) is 0 Å². The summed E-state index contributed by atoms with van der Waals surface area (Å²) in [4.78, 5) is 14.1. The van der Waals surface area contributed by atoms with E-state index in [1.807, 2.05) is 0 Å². The molecule has 3 heteroatoms. The fourth-order valence-electron chi connectivity index (χ4n) is 2.04. The highest BCUT2D eigenvalue weighted by Crippen LogP contribution is 2.34. The van der Waals surface area contributed by atoms with Crippen LogP contribution in [-0.4, -0.2) is 35.5 Å². The fraction of sp³-hybridized carbons (Fsp3) is 0.909. The second kappa shape index (κ2) is 3.23. The van der Waals surface area contributed by atoms with Gasteiger partial charge in [0.05, 0.1) is 0 Å². The highest BCUT2D eigenvalue weighted by molar-refractivity contribution is 5.82.